The van der Waals surface area contributed by atoms with Gasteiger partial charge in [0.25, 0.3) is 0 Å². The molecule has 1 aromatic rings. The number of anilines is 1. The Morgan fingerprint density at radius 2 is 1.81 bits per heavy atom. The molecule has 1 aliphatic heterocycles. The lowest BCUT2D eigenvalue weighted by Crippen LogP contribution is -2.36. The van der Waals surface area contributed by atoms with Crippen LogP contribution in [0.1, 0.15) is 38.2 Å². The van der Waals surface area contributed by atoms with E-state index in [1.165, 1.54) is 5.56 Å². The van der Waals surface area contributed by atoms with Crippen molar-refractivity contribution in [3.63, 3.8) is 0 Å². The molecule has 4 nitrogen and oxygen atoms in total. The molecule has 0 aliphatic carbocycles. The largest absolute Gasteiger partial charge is 0.393 e. The highest BCUT2D eigenvalue weighted by molar-refractivity contribution is 5.31. The number of hydrogen-bond donors (Lipinski definition) is 1. The summed E-state index contributed by atoms with van der Waals surface area (Å²) in [5.74, 6) is 1.26. The van der Waals surface area contributed by atoms with Crippen LogP contribution in [0.5, 0.6) is 0 Å². The van der Waals surface area contributed by atoms with E-state index < -0.39 is 0 Å². The topological polar surface area (TPSA) is 49.2 Å². The van der Waals surface area contributed by atoms with Crippen LogP contribution in [0.4, 0.5) is 5.95 Å². The molecular formula is C12H19N3O. The lowest BCUT2D eigenvalue weighted by molar-refractivity contribution is 0.145. The zero-order chi connectivity index (χ0) is 11.5. The van der Waals surface area contributed by atoms with Crippen LogP contribution in [-0.4, -0.2) is 34.3 Å². The van der Waals surface area contributed by atoms with E-state index in [-0.39, 0.29) is 6.10 Å². The Balaban J connectivity index is 2.04. The standard InChI is InChI=1S/C12H19N3O/c1-9(2)10-7-13-12(14-8-10)15-5-3-11(16)4-6-15/h7-9,11,16H,3-6H2,1-2H3. The van der Waals surface area contributed by atoms with Crippen molar-refractivity contribution in [2.75, 3.05) is 18.0 Å². The maximum Gasteiger partial charge on any atom is 0.225 e. The summed E-state index contributed by atoms with van der Waals surface area (Å²) in [7, 11) is 0. The first-order valence-corrected chi connectivity index (χ1v) is 5.92. The van der Waals surface area contributed by atoms with Gasteiger partial charge in [-0.2, -0.15) is 0 Å². The average Bonchev–Trinajstić information content (AvgIpc) is 2.30. The molecule has 0 unspecified atom stereocenters. The van der Waals surface area contributed by atoms with Crippen molar-refractivity contribution >= 4 is 5.95 Å². The van der Waals surface area contributed by atoms with E-state index in [4.69, 9.17) is 0 Å². The molecule has 2 rings (SSSR count). The summed E-state index contributed by atoms with van der Waals surface area (Å²) in [6.45, 7) is 5.97. The van der Waals surface area contributed by atoms with E-state index >= 15 is 0 Å². The first-order chi connectivity index (χ1) is 7.66. The Labute approximate surface area is 96.3 Å². The average molecular weight is 221 g/mol. The van der Waals surface area contributed by atoms with E-state index in [1.54, 1.807) is 0 Å². The highest BCUT2D eigenvalue weighted by Crippen LogP contribution is 2.17. The van der Waals surface area contributed by atoms with E-state index in [2.05, 4.69) is 28.7 Å². The molecule has 1 aliphatic rings. The van der Waals surface area contributed by atoms with Crippen LogP contribution >= 0.6 is 0 Å². The van der Waals surface area contributed by atoms with Gasteiger partial charge < -0.3 is 10.0 Å². The lowest BCUT2D eigenvalue weighted by atomic mass is 10.1. The van der Waals surface area contributed by atoms with Crippen molar-refractivity contribution in [3.05, 3.63) is 18.0 Å². The first kappa shape index (κ1) is 11.3. The van der Waals surface area contributed by atoms with Gasteiger partial charge in [0.05, 0.1) is 6.10 Å². The second kappa shape index (κ2) is 4.78. The number of hydrogen-bond acceptors (Lipinski definition) is 4. The second-order valence-electron chi connectivity index (χ2n) is 4.69. The zero-order valence-electron chi connectivity index (χ0n) is 9.93. The number of aliphatic hydroxyl groups is 1. The summed E-state index contributed by atoms with van der Waals surface area (Å²) >= 11 is 0. The maximum atomic E-state index is 9.42. The lowest BCUT2D eigenvalue weighted by Gasteiger charge is -2.29. The predicted molar refractivity (Wildman–Crippen MR) is 63.6 cm³/mol. The Morgan fingerprint density at radius 1 is 1.25 bits per heavy atom. The minimum atomic E-state index is -0.147. The molecule has 0 aromatic carbocycles. The molecule has 2 heterocycles. The van der Waals surface area contributed by atoms with Crippen molar-refractivity contribution in [1.29, 1.82) is 0 Å². The summed E-state index contributed by atoms with van der Waals surface area (Å²) in [4.78, 5) is 10.9. The molecule has 1 N–H and O–H groups in total. The molecule has 0 amide bonds. The third-order valence-electron chi connectivity index (χ3n) is 3.07. The molecule has 0 radical (unpaired) electrons. The fourth-order valence-electron chi connectivity index (χ4n) is 1.86. The quantitative estimate of drug-likeness (QED) is 0.823. The fraction of sp³-hybridized carbons (Fsp3) is 0.667. The summed E-state index contributed by atoms with van der Waals surface area (Å²) in [6, 6.07) is 0. The molecule has 4 heteroatoms. The van der Waals surface area contributed by atoms with Gasteiger partial charge in [0.1, 0.15) is 0 Å². The Morgan fingerprint density at radius 3 is 2.31 bits per heavy atom. The van der Waals surface area contributed by atoms with Crippen LogP contribution in [0.15, 0.2) is 12.4 Å². The Bertz CT molecular complexity index is 329. The van der Waals surface area contributed by atoms with Crippen LogP contribution in [0.25, 0.3) is 0 Å². The molecule has 88 valence electrons. The Hall–Kier alpha value is -1.16. The Kier molecular flexibility index (Phi) is 3.39. The number of aromatic nitrogens is 2. The zero-order valence-corrected chi connectivity index (χ0v) is 9.93. The summed E-state index contributed by atoms with van der Waals surface area (Å²) in [6.07, 6.45) is 5.28. The smallest absolute Gasteiger partial charge is 0.225 e. The second-order valence-corrected chi connectivity index (χ2v) is 4.69. The molecular weight excluding hydrogens is 202 g/mol. The van der Waals surface area contributed by atoms with Crippen LogP contribution in [0, 0.1) is 0 Å². The van der Waals surface area contributed by atoms with Gasteiger partial charge in [0.2, 0.25) is 5.95 Å². The van der Waals surface area contributed by atoms with Gasteiger partial charge in [0, 0.05) is 25.5 Å². The van der Waals surface area contributed by atoms with Crippen molar-refractivity contribution in [1.82, 2.24) is 9.97 Å². The third kappa shape index (κ3) is 2.50. The molecule has 0 bridgehead atoms. The minimum Gasteiger partial charge on any atom is -0.393 e. The highest BCUT2D eigenvalue weighted by atomic mass is 16.3. The van der Waals surface area contributed by atoms with Gasteiger partial charge in [0.15, 0.2) is 0 Å². The van der Waals surface area contributed by atoms with Crippen molar-refractivity contribution in [2.45, 2.75) is 38.7 Å². The van der Waals surface area contributed by atoms with Gasteiger partial charge in [-0.25, -0.2) is 9.97 Å². The van der Waals surface area contributed by atoms with Crippen LogP contribution in [-0.2, 0) is 0 Å². The van der Waals surface area contributed by atoms with E-state index in [0.717, 1.165) is 31.9 Å². The molecule has 0 spiro atoms. The van der Waals surface area contributed by atoms with E-state index in [1.807, 2.05) is 12.4 Å². The highest BCUT2D eigenvalue weighted by Gasteiger charge is 2.18. The number of aliphatic hydroxyl groups excluding tert-OH is 1. The fourth-order valence-corrected chi connectivity index (χ4v) is 1.86. The number of piperidine rings is 1. The van der Waals surface area contributed by atoms with Crippen LogP contribution in [0.3, 0.4) is 0 Å². The molecule has 0 atom stereocenters. The van der Waals surface area contributed by atoms with Gasteiger partial charge in [-0.05, 0) is 24.3 Å². The van der Waals surface area contributed by atoms with E-state index in [0.29, 0.717) is 5.92 Å². The van der Waals surface area contributed by atoms with Gasteiger partial charge in [-0.3, -0.25) is 0 Å². The minimum absolute atomic E-state index is 0.147. The predicted octanol–water partition coefficient (Wildman–Crippen LogP) is 1.56. The van der Waals surface area contributed by atoms with E-state index in [9.17, 15) is 5.11 Å². The van der Waals surface area contributed by atoms with Gasteiger partial charge in [-0.1, -0.05) is 13.8 Å². The summed E-state index contributed by atoms with van der Waals surface area (Å²) in [5, 5.41) is 9.42. The molecule has 1 fully saturated rings. The van der Waals surface area contributed by atoms with Crippen molar-refractivity contribution in [2.24, 2.45) is 0 Å². The number of rotatable bonds is 2. The van der Waals surface area contributed by atoms with Crippen molar-refractivity contribution in [3.8, 4) is 0 Å². The summed E-state index contributed by atoms with van der Waals surface area (Å²) in [5.41, 5.74) is 1.17. The summed E-state index contributed by atoms with van der Waals surface area (Å²) < 4.78 is 0. The van der Waals surface area contributed by atoms with Gasteiger partial charge in [-0.15, -0.1) is 0 Å². The van der Waals surface area contributed by atoms with Crippen LogP contribution in [0.2, 0.25) is 0 Å². The molecule has 1 saturated heterocycles. The van der Waals surface area contributed by atoms with Gasteiger partial charge >= 0.3 is 0 Å². The van der Waals surface area contributed by atoms with Crippen LogP contribution < -0.4 is 4.90 Å². The SMILES string of the molecule is CC(C)c1cnc(N2CCC(O)CC2)nc1. The number of nitrogens with zero attached hydrogens (tertiary/aromatic N) is 3. The molecule has 16 heavy (non-hydrogen) atoms. The monoisotopic (exact) mass is 221 g/mol. The molecule has 1 aromatic heterocycles. The first-order valence-electron chi connectivity index (χ1n) is 5.92. The third-order valence-corrected chi connectivity index (χ3v) is 3.07. The molecule has 0 saturated carbocycles. The maximum absolute atomic E-state index is 9.42. The van der Waals surface area contributed by atoms with Crippen molar-refractivity contribution < 1.29 is 5.11 Å². The normalized spacial score (nSPS) is 18.1.